The number of carbonyl (C=O) groups is 2. The summed E-state index contributed by atoms with van der Waals surface area (Å²) < 4.78 is 72.8. The minimum atomic E-state index is -4.85. The Morgan fingerprint density at radius 1 is 1.16 bits per heavy atom. The monoisotopic (exact) mass is 442 g/mol. The van der Waals surface area contributed by atoms with Crippen molar-refractivity contribution in [3.8, 4) is 0 Å². The molecule has 0 unspecified atom stereocenters. The molecule has 0 bridgehead atoms. The van der Waals surface area contributed by atoms with Crippen molar-refractivity contribution in [3.05, 3.63) is 64.8 Å². The van der Waals surface area contributed by atoms with E-state index in [4.69, 9.17) is 4.52 Å². The van der Waals surface area contributed by atoms with Crippen molar-refractivity contribution < 1.29 is 36.1 Å². The van der Waals surface area contributed by atoms with E-state index >= 15 is 0 Å². The van der Waals surface area contributed by atoms with Gasteiger partial charge in [-0.25, -0.2) is 8.78 Å². The lowest BCUT2D eigenvalue weighted by Gasteiger charge is -2.17. The Morgan fingerprint density at radius 3 is 2.45 bits per heavy atom. The topological polar surface area (TPSA) is 90.0 Å². The van der Waals surface area contributed by atoms with Crippen molar-refractivity contribution in [1.29, 1.82) is 0 Å². The quantitative estimate of drug-likeness (QED) is 0.448. The normalized spacial score (nSPS) is 12.1. The lowest BCUT2D eigenvalue weighted by Crippen LogP contribution is -2.15. The smallest absolute Gasteiger partial charge is 0.352 e. The number of nitrogens with one attached hydrogen (secondary N) is 1. The molecule has 0 spiro atoms. The lowest BCUT2D eigenvalue weighted by atomic mass is 10.0. The molecule has 1 amide bonds. The van der Waals surface area contributed by atoms with Gasteiger partial charge >= 0.3 is 6.18 Å². The lowest BCUT2D eigenvalue weighted by molar-refractivity contribution is -0.138. The van der Waals surface area contributed by atoms with Gasteiger partial charge in [0.1, 0.15) is 0 Å². The van der Waals surface area contributed by atoms with E-state index in [1.165, 1.54) is 19.3 Å². The summed E-state index contributed by atoms with van der Waals surface area (Å²) in [4.78, 5) is 23.3. The van der Waals surface area contributed by atoms with E-state index in [1.807, 2.05) is 0 Å². The summed E-state index contributed by atoms with van der Waals surface area (Å²) >= 11 is 0. The minimum absolute atomic E-state index is 0.110. The number of alkyl halides is 5. The fourth-order valence-corrected chi connectivity index (χ4v) is 2.68. The van der Waals surface area contributed by atoms with E-state index in [0.717, 1.165) is 22.9 Å². The molecular formula is C19H15F5N4O3. The second kappa shape index (κ2) is 7.93. The molecule has 3 aromatic rings. The minimum Gasteiger partial charge on any atom is -0.352 e. The van der Waals surface area contributed by atoms with Crippen molar-refractivity contribution in [2.24, 2.45) is 0 Å². The van der Waals surface area contributed by atoms with Crippen LogP contribution in [0.25, 0.3) is 0 Å². The number of nitrogens with zero attached hydrogens (tertiary/aromatic N) is 3. The Morgan fingerprint density at radius 2 is 1.87 bits per heavy atom. The van der Waals surface area contributed by atoms with Crippen molar-refractivity contribution in [3.63, 3.8) is 0 Å². The molecule has 12 heteroatoms. The van der Waals surface area contributed by atoms with Crippen molar-refractivity contribution in [2.75, 3.05) is 5.32 Å². The number of hydrogen-bond acceptors (Lipinski definition) is 5. The molecule has 0 atom stereocenters. The summed E-state index contributed by atoms with van der Waals surface area (Å²) in [5, 5.41) is 9.74. The van der Waals surface area contributed by atoms with Crippen LogP contribution < -0.4 is 5.32 Å². The number of halogens is 5. The summed E-state index contributed by atoms with van der Waals surface area (Å²) in [7, 11) is 0. The van der Waals surface area contributed by atoms with Gasteiger partial charge in [0, 0.05) is 31.7 Å². The second-order valence-electron chi connectivity index (χ2n) is 6.77. The van der Waals surface area contributed by atoms with Crippen LogP contribution in [0.5, 0.6) is 0 Å². The zero-order chi connectivity index (χ0) is 23.0. The molecule has 3 rings (SSSR count). The van der Waals surface area contributed by atoms with E-state index in [9.17, 15) is 31.5 Å². The van der Waals surface area contributed by atoms with E-state index < -0.39 is 34.9 Å². The Bertz CT molecular complexity index is 1130. The first-order valence-corrected chi connectivity index (χ1v) is 8.74. The largest absolute Gasteiger partial charge is 0.416 e. The third-order valence-corrected chi connectivity index (χ3v) is 4.24. The summed E-state index contributed by atoms with van der Waals surface area (Å²) in [5.41, 5.74) is -2.26. The van der Waals surface area contributed by atoms with Crippen LogP contribution in [0.4, 0.5) is 27.6 Å². The van der Waals surface area contributed by atoms with Crippen molar-refractivity contribution >= 4 is 17.4 Å². The number of anilines is 1. The molecule has 2 heterocycles. The van der Waals surface area contributed by atoms with Crippen LogP contribution in [-0.2, 0) is 18.6 Å². The summed E-state index contributed by atoms with van der Waals surface area (Å²) in [5.74, 6) is -4.68. The second-order valence-corrected chi connectivity index (χ2v) is 6.77. The van der Waals surface area contributed by atoms with Gasteiger partial charge in [0.05, 0.1) is 24.0 Å². The van der Waals surface area contributed by atoms with Crippen LogP contribution in [-0.4, -0.2) is 26.6 Å². The van der Waals surface area contributed by atoms with Gasteiger partial charge in [0.2, 0.25) is 5.76 Å². The summed E-state index contributed by atoms with van der Waals surface area (Å²) in [6.45, 7) is 1.37. The van der Waals surface area contributed by atoms with Gasteiger partial charge in [-0.2, -0.15) is 18.3 Å². The molecule has 0 aliphatic rings. The molecule has 0 fully saturated rings. The van der Waals surface area contributed by atoms with E-state index in [2.05, 4.69) is 15.6 Å². The number of aromatic nitrogens is 3. The van der Waals surface area contributed by atoms with Gasteiger partial charge in [0.25, 0.3) is 11.8 Å². The number of benzene rings is 1. The average Bonchev–Trinajstić information content (AvgIpc) is 3.30. The summed E-state index contributed by atoms with van der Waals surface area (Å²) in [6.07, 6.45) is -2.40. The number of Topliss-reactive ketones (excluding diaryl/α,β-unsaturated/α-hetero) is 1. The van der Waals surface area contributed by atoms with Gasteiger partial charge in [-0.3, -0.25) is 14.3 Å². The van der Waals surface area contributed by atoms with Crippen LogP contribution in [0.15, 0.2) is 41.2 Å². The maximum absolute atomic E-state index is 13.4. The van der Waals surface area contributed by atoms with E-state index in [-0.39, 0.29) is 29.2 Å². The summed E-state index contributed by atoms with van der Waals surface area (Å²) in [6, 6.07) is 3.45. The van der Waals surface area contributed by atoms with Gasteiger partial charge in [-0.05, 0) is 11.6 Å². The Kier molecular flexibility index (Phi) is 5.66. The maximum atomic E-state index is 13.4. The van der Waals surface area contributed by atoms with Crippen LogP contribution >= 0.6 is 0 Å². The van der Waals surface area contributed by atoms with Gasteiger partial charge in [0.15, 0.2) is 11.5 Å². The molecular weight excluding hydrogens is 427 g/mol. The number of ketones is 1. The van der Waals surface area contributed by atoms with Gasteiger partial charge in [-0.1, -0.05) is 17.3 Å². The number of amides is 1. The van der Waals surface area contributed by atoms with Crippen LogP contribution in [0.2, 0.25) is 0 Å². The first-order chi connectivity index (χ1) is 14.3. The van der Waals surface area contributed by atoms with Crippen LogP contribution in [0.1, 0.15) is 51.6 Å². The van der Waals surface area contributed by atoms with E-state index in [0.29, 0.717) is 13.0 Å². The highest BCUT2D eigenvalue weighted by molar-refractivity contribution is 6.04. The fourth-order valence-electron chi connectivity index (χ4n) is 2.68. The zero-order valence-corrected chi connectivity index (χ0v) is 16.1. The average molecular weight is 442 g/mol. The predicted octanol–water partition coefficient (Wildman–Crippen LogP) is 4.50. The fraction of sp³-hybridized carbons (Fsp3) is 0.263. The standard InChI is InChI=1S/C19H15F5N4O3/c1-10(29)16-6-15(27-31-16)17(30)26-13-7-25-28(9-13)8-11-3-4-12(18(2,20)21)5-14(11)19(22,23)24/h3-7,9H,8H2,1-2H3,(H,26,30). The number of carbonyl (C=O) groups excluding carboxylic acids is 2. The molecule has 0 saturated heterocycles. The number of hydrogen-bond donors (Lipinski definition) is 1. The molecule has 1 aromatic carbocycles. The molecule has 0 aliphatic heterocycles. The first-order valence-electron chi connectivity index (χ1n) is 8.74. The molecule has 164 valence electrons. The molecule has 2 aromatic heterocycles. The predicted molar refractivity (Wildman–Crippen MR) is 96.8 cm³/mol. The third-order valence-electron chi connectivity index (χ3n) is 4.24. The SMILES string of the molecule is CC(=O)c1cc(C(=O)Nc2cnn(Cc3ccc(C(C)(F)F)cc3C(F)(F)F)c2)no1. The van der Waals surface area contributed by atoms with Gasteiger partial charge in [-0.15, -0.1) is 0 Å². The molecule has 0 aliphatic carbocycles. The highest BCUT2D eigenvalue weighted by atomic mass is 19.4. The molecule has 0 saturated carbocycles. The zero-order valence-electron chi connectivity index (χ0n) is 16.1. The van der Waals surface area contributed by atoms with E-state index in [1.54, 1.807) is 0 Å². The Hall–Kier alpha value is -3.57. The molecule has 1 N–H and O–H groups in total. The molecule has 0 radical (unpaired) electrons. The molecule has 31 heavy (non-hydrogen) atoms. The van der Waals surface area contributed by atoms with Crippen LogP contribution in [0.3, 0.4) is 0 Å². The highest BCUT2D eigenvalue weighted by Gasteiger charge is 2.36. The Labute approximate surface area is 171 Å². The highest BCUT2D eigenvalue weighted by Crippen LogP contribution is 2.36. The Balaban J connectivity index is 1.79. The molecule has 7 nitrogen and oxygen atoms in total. The van der Waals surface area contributed by atoms with Crippen molar-refractivity contribution in [1.82, 2.24) is 14.9 Å². The number of rotatable bonds is 6. The van der Waals surface area contributed by atoms with Gasteiger partial charge < -0.3 is 9.84 Å². The van der Waals surface area contributed by atoms with Crippen molar-refractivity contribution in [2.45, 2.75) is 32.5 Å². The maximum Gasteiger partial charge on any atom is 0.416 e. The van der Waals surface area contributed by atoms with Crippen LogP contribution in [0, 0.1) is 0 Å². The third kappa shape index (κ3) is 5.13. The first kappa shape index (κ1) is 22.1.